The lowest BCUT2D eigenvalue weighted by Crippen LogP contribution is -2.31. The summed E-state index contributed by atoms with van der Waals surface area (Å²) in [5, 5.41) is 2.08. The molecule has 0 spiro atoms. The molecule has 1 aromatic carbocycles. The van der Waals surface area contributed by atoms with Gasteiger partial charge < -0.3 is 10.6 Å². The molecule has 1 amide bonds. The molecule has 1 aliphatic rings. The number of rotatable bonds is 4. The number of nitrogens with zero attached hydrogens (tertiary/aromatic N) is 1. The lowest BCUT2D eigenvalue weighted by molar-refractivity contribution is -0.131. The maximum Gasteiger partial charge on any atom is 0.227 e. The standard InChI is InChI=1S/C17H20N2OS/c18-12-14-6-2-1-5-13(14)11-17(20)19-9-3-7-15(19)16-8-4-10-21-16/h1-2,4-6,8,10,15H,3,7,9,11-12,18H2. The van der Waals surface area contributed by atoms with Crippen LogP contribution in [0.1, 0.15) is 34.9 Å². The van der Waals surface area contributed by atoms with Crippen molar-refractivity contribution < 1.29 is 4.79 Å². The second kappa shape index (κ2) is 6.41. The number of hydrogen-bond donors (Lipinski definition) is 1. The number of likely N-dealkylation sites (tertiary alicyclic amines) is 1. The van der Waals surface area contributed by atoms with Crippen molar-refractivity contribution in [3.63, 3.8) is 0 Å². The molecule has 1 atom stereocenters. The normalized spacial score (nSPS) is 18.1. The number of nitrogens with two attached hydrogens (primary N) is 1. The van der Waals surface area contributed by atoms with Gasteiger partial charge in [0.25, 0.3) is 0 Å². The first-order valence-corrected chi connectivity index (χ1v) is 8.27. The van der Waals surface area contributed by atoms with Crippen LogP contribution < -0.4 is 5.73 Å². The van der Waals surface area contributed by atoms with Gasteiger partial charge in [0.15, 0.2) is 0 Å². The molecule has 1 saturated heterocycles. The van der Waals surface area contributed by atoms with E-state index in [0.717, 1.165) is 30.5 Å². The van der Waals surface area contributed by atoms with Gasteiger partial charge >= 0.3 is 0 Å². The van der Waals surface area contributed by atoms with Crippen molar-refractivity contribution >= 4 is 17.2 Å². The third kappa shape index (κ3) is 3.01. The minimum absolute atomic E-state index is 0.215. The fraction of sp³-hybridized carbons (Fsp3) is 0.353. The second-order valence-corrected chi connectivity index (χ2v) is 6.39. The van der Waals surface area contributed by atoms with Crippen LogP contribution in [0, 0.1) is 0 Å². The summed E-state index contributed by atoms with van der Waals surface area (Å²) in [7, 11) is 0. The zero-order valence-corrected chi connectivity index (χ0v) is 12.8. The SMILES string of the molecule is NCc1ccccc1CC(=O)N1CCCC1c1cccs1. The molecule has 2 N–H and O–H groups in total. The highest BCUT2D eigenvalue weighted by molar-refractivity contribution is 7.10. The van der Waals surface area contributed by atoms with Crippen molar-refractivity contribution in [2.24, 2.45) is 5.73 Å². The van der Waals surface area contributed by atoms with Gasteiger partial charge in [-0.1, -0.05) is 30.3 Å². The van der Waals surface area contributed by atoms with E-state index in [4.69, 9.17) is 5.73 Å². The van der Waals surface area contributed by atoms with Crippen LogP contribution in [0.15, 0.2) is 41.8 Å². The molecule has 1 unspecified atom stereocenters. The lowest BCUT2D eigenvalue weighted by atomic mass is 10.0. The van der Waals surface area contributed by atoms with E-state index in [0.29, 0.717) is 13.0 Å². The van der Waals surface area contributed by atoms with Gasteiger partial charge in [0.05, 0.1) is 12.5 Å². The average Bonchev–Trinajstić information content (AvgIpc) is 3.18. The molecule has 21 heavy (non-hydrogen) atoms. The van der Waals surface area contributed by atoms with E-state index in [9.17, 15) is 4.79 Å². The van der Waals surface area contributed by atoms with Gasteiger partial charge in [-0.05, 0) is 35.4 Å². The zero-order chi connectivity index (χ0) is 14.7. The Bertz CT molecular complexity index is 609. The number of thiophene rings is 1. The third-order valence-corrected chi connectivity index (χ3v) is 5.10. The maximum atomic E-state index is 12.7. The van der Waals surface area contributed by atoms with E-state index in [1.165, 1.54) is 4.88 Å². The second-order valence-electron chi connectivity index (χ2n) is 5.41. The van der Waals surface area contributed by atoms with Crippen LogP contribution in [0.4, 0.5) is 0 Å². The van der Waals surface area contributed by atoms with Crippen LogP contribution in [-0.4, -0.2) is 17.4 Å². The molecule has 2 aromatic rings. The molecule has 2 heterocycles. The summed E-state index contributed by atoms with van der Waals surface area (Å²) >= 11 is 1.74. The molecule has 0 radical (unpaired) electrons. The molecule has 110 valence electrons. The first kappa shape index (κ1) is 14.3. The number of benzene rings is 1. The van der Waals surface area contributed by atoms with Gasteiger partial charge in [-0.25, -0.2) is 0 Å². The summed E-state index contributed by atoms with van der Waals surface area (Å²) in [4.78, 5) is 16.0. The average molecular weight is 300 g/mol. The van der Waals surface area contributed by atoms with Crippen molar-refractivity contribution in [3.05, 3.63) is 57.8 Å². The number of hydrogen-bond acceptors (Lipinski definition) is 3. The minimum Gasteiger partial charge on any atom is -0.335 e. The summed E-state index contributed by atoms with van der Waals surface area (Å²) in [5.74, 6) is 0.215. The van der Waals surface area contributed by atoms with E-state index in [1.807, 2.05) is 29.2 Å². The number of carbonyl (C=O) groups excluding carboxylic acids is 1. The Morgan fingerprint density at radius 2 is 2.05 bits per heavy atom. The van der Waals surface area contributed by atoms with Crippen molar-refractivity contribution in [1.82, 2.24) is 4.90 Å². The molecule has 4 heteroatoms. The van der Waals surface area contributed by atoms with Gasteiger partial charge in [0, 0.05) is 18.0 Å². The Hall–Kier alpha value is -1.65. The molecule has 0 bridgehead atoms. The minimum atomic E-state index is 0.215. The van der Waals surface area contributed by atoms with Gasteiger partial charge in [-0.15, -0.1) is 11.3 Å². The Morgan fingerprint density at radius 1 is 1.24 bits per heavy atom. The van der Waals surface area contributed by atoms with Gasteiger partial charge in [-0.3, -0.25) is 4.79 Å². The first-order chi connectivity index (χ1) is 10.3. The van der Waals surface area contributed by atoms with E-state index in [1.54, 1.807) is 11.3 Å². The number of amides is 1. The first-order valence-electron chi connectivity index (χ1n) is 7.39. The van der Waals surface area contributed by atoms with Crippen molar-refractivity contribution in [2.75, 3.05) is 6.54 Å². The third-order valence-electron chi connectivity index (χ3n) is 4.12. The molecule has 3 rings (SSSR count). The lowest BCUT2D eigenvalue weighted by Gasteiger charge is -2.24. The Balaban J connectivity index is 1.75. The molecule has 3 nitrogen and oxygen atoms in total. The summed E-state index contributed by atoms with van der Waals surface area (Å²) < 4.78 is 0. The summed E-state index contributed by atoms with van der Waals surface area (Å²) in [6.07, 6.45) is 2.62. The molecule has 1 fully saturated rings. The largest absolute Gasteiger partial charge is 0.335 e. The van der Waals surface area contributed by atoms with Crippen molar-refractivity contribution in [2.45, 2.75) is 31.8 Å². The van der Waals surface area contributed by atoms with E-state index < -0.39 is 0 Å². The predicted octanol–water partition coefficient (Wildman–Crippen LogP) is 3.11. The Labute approximate surface area is 129 Å². The molecule has 1 aliphatic heterocycles. The van der Waals surface area contributed by atoms with E-state index >= 15 is 0 Å². The highest BCUT2D eigenvalue weighted by Gasteiger charge is 2.30. The van der Waals surface area contributed by atoms with Crippen LogP contribution in [0.5, 0.6) is 0 Å². The summed E-state index contributed by atoms with van der Waals surface area (Å²) in [6.45, 7) is 1.35. The molecule has 0 aliphatic carbocycles. The van der Waals surface area contributed by atoms with Crippen LogP contribution >= 0.6 is 11.3 Å². The topological polar surface area (TPSA) is 46.3 Å². The van der Waals surface area contributed by atoms with Gasteiger partial charge in [0.1, 0.15) is 0 Å². The fourth-order valence-corrected chi connectivity index (χ4v) is 3.91. The molecular weight excluding hydrogens is 280 g/mol. The van der Waals surface area contributed by atoms with Crippen molar-refractivity contribution in [1.29, 1.82) is 0 Å². The summed E-state index contributed by atoms with van der Waals surface area (Å²) in [6, 6.07) is 12.4. The predicted molar refractivity (Wildman–Crippen MR) is 86.0 cm³/mol. The zero-order valence-electron chi connectivity index (χ0n) is 12.0. The monoisotopic (exact) mass is 300 g/mol. The molecule has 1 aromatic heterocycles. The maximum absolute atomic E-state index is 12.7. The van der Waals surface area contributed by atoms with Crippen molar-refractivity contribution in [3.8, 4) is 0 Å². The molecular formula is C17H20N2OS. The Kier molecular flexibility index (Phi) is 4.36. The van der Waals surface area contributed by atoms with Crippen LogP contribution in [0.2, 0.25) is 0 Å². The highest BCUT2D eigenvalue weighted by Crippen LogP contribution is 2.34. The molecule has 0 saturated carbocycles. The van der Waals surface area contributed by atoms with E-state index in [2.05, 4.69) is 17.5 Å². The fourth-order valence-electron chi connectivity index (χ4n) is 3.04. The quantitative estimate of drug-likeness (QED) is 0.943. The smallest absolute Gasteiger partial charge is 0.227 e. The Morgan fingerprint density at radius 3 is 2.76 bits per heavy atom. The van der Waals surface area contributed by atoms with E-state index in [-0.39, 0.29) is 11.9 Å². The highest BCUT2D eigenvalue weighted by atomic mass is 32.1. The van der Waals surface area contributed by atoms with Crippen LogP contribution in [0.3, 0.4) is 0 Å². The number of carbonyl (C=O) groups is 1. The van der Waals surface area contributed by atoms with Gasteiger partial charge in [0.2, 0.25) is 5.91 Å². The van der Waals surface area contributed by atoms with Crippen LogP contribution in [-0.2, 0) is 17.8 Å². The summed E-state index contributed by atoms with van der Waals surface area (Å²) in [5.41, 5.74) is 7.89. The van der Waals surface area contributed by atoms with Gasteiger partial charge in [-0.2, -0.15) is 0 Å². The van der Waals surface area contributed by atoms with Crippen LogP contribution in [0.25, 0.3) is 0 Å².